The summed E-state index contributed by atoms with van der Waals surface area (Å²) in [5.74, 6) is 0. The summed E-state index contributed by atoms with van der Waals surface area (Å²) in [6.45, 7) is 0. The Morgan fingerprint density at radius 2 is 0.750 bits per heavy atom. The Morgan fingerprint density at radius 3 is 0.750 bits per heavy atom. The van der Waals surface area contributed by atoms with Gasteiger partial charge in [0.1, 0.15) is 0 Å². The Labute approximate surface area is 39.5 Å². The second-order valence-corrected chi connectivity index (χ2v) is 0. The zero-order valence-corrected chi connectivity index (χ0v) is 3.33. The van der Waals surface area contributed by atoms with Gasteiger partial charge in [0.15, 0.2) is 0 Å². The molecule has 0 N–H and O–H groups in total. The molecule has 0 amide bonds. The molecule has 3 nitrogen and oxygen atoms in total. The molecule has 0 saturated carbocycles. The van der Waals surface area contributed by atoms with E-state index in [1.807, 2.05) is 0 Å². The van der Waals surface area contributed by atoms with Crippen molar-refractivity contribution in [3.8, 4) is 0 Å². The third kappa shape index (κ3) is 18.7. The van der Waals surface area contributed by atoms with E-state index in [0.29, 0.717) is 0 Å². The Morgan fingerprint density at radius 1 is 0.750 bits per heavy atom. The van der Waals surface area contributed by atoms with Crippen LogP contribution >= 0.6 is 0 Å². The van der Waals surface area contributed by atoms with Gasteiger partial charge in [0, 0.05) is 6.15 Å². The molecule has 3 radical (unpaired) electrons. The van der Waals surface area contributed by atoms with Crippen LogP contribution in [0.25, 0.3) is 0 Å². The van der Waals surface area contributed by atoms with Crippen LogP contribution in [0.5, 0.6) is 0 Å². The van der Waals surface area contributed by atoms with Gasteiger partial charge in [-0.2, -0.15) is 0 Å². The monoisotopic (exact) mass is 93.9 g/mol. The van der Waals surface area contributed by atoms with Gasteiger partial charge >= 0.3 is 21.7 Å². The molecule has 0 unspecified atom stereocenters. The van der Waals surface area contributed by atoms with E-state index >= 15 is 0 Å². The van der Waals surface area contributed by atoms with Gasteiger partial charge < -0.3 is 11.0 Å². The van der Waals surface area contributed by atoms with Crippen molar-refractivity contribution in [3.63, 3.8) is 0 Å². The van der Waals surface area contributed by atoms with Gasteiger partial charge in [0.2, 0.25) is 0 Å². The molecule has 0 aromatic rings. The summed E-state index contributed by atoms with van der Waals surface area (Å²) >= 11 is 0. The van der Waals surface area contributed by atoms with Crippen LogP contribution < -0.4 is 6.15 Å². The summed E-state index contributed by atoms with van der Waals surface area (Å²) in [7, 11) is 0. The maximum Gasteiger partial charge on any atom is 4.00 e. The summed E-state index contributed by atoms with van der Waals surface area (Å²) in [5.41, 5.74) is 0. The van der Waals surface area contributed by atoms with Crippen molar-refractivity contribution >= 4 is 0 Å². The molecule has 0 aliphatic carbocycles. The summed E-state index contributed by atoms with van der Waals surface area (Å²) in [4.78, 5) is 0. The van der Waals surface area contributed by atoms with Crippen LogP contribution in [0.2, 0.25) is 0 Å². The van der Waals surface area contributed by atoms with Gasteiger partial charge in [0.05, 0.1) is 0 Å². The van der Waals surface area contributed by atoms with E-state index in [4.69, 9.17) is 0 Å². The number of rotatable bonds is 0. The third-order valence-electron chi connectivity index (χ3n) is 0. The molecular formula is NO2Ti. The van der Waals surface area contributed by atoms with Gasteiger partial charge in [-0.15, -0.1) is 0 Å². The minimum Gasteiger partial charge on any atom is -2.00 e. The molecule has 0 rings (SSSR count). The van der Waals surface area contributed by atoms with Gasteiger partial charge in [-0.3, -0.25) is 0 Å². The fraction of sp³-hybridized carbons (Fsp3) is 0. The molecule has 0 atom stereocenters. The van der Waals surface area contributed by atoms with Crippen LogP contribution in [0.1, 0.15) is 0 Å². The van der Waals surface area contributed by atoms with E-state index in [-0.39, 0.29) is 38.8 Å². The fourth-order valence-electron chi connectivity index (χ4n) is 0. The van der Waals surface area contributed by atoms with Crippen molar-refractivity contribution in [1.82, 2.24) is 6.15 Å². The molecule has 0 aromatic heterocycles. The summed E-state index contributed by atoms with van der Waals surface area (Å²) in [6, 6.07) is 0. The topological polar surface area (TPSA) is 87.5 Å². The molecule has 0 bridgehead atoms. The minimum absolute atomic E-state index is 0. The minimum atomic E-state index is 0. The second-order valence-electron chi connectivity index (χ2n) is 0. The average molecular weight is 93.9 g/mol. The van der Waals surface area contributed by atoms with Crippen LogP contribution in [0.4, 0.5) is 0 Å². The van der Waals surface area contributed by atoms with Gasteiger partial charge in [-0.05, 0) is 0 Å². The zero-order chi connectivity index (χ0) is 0. The molecule has 0 aliphatic rings. The van der Waals surface area contributed by atoms with E-state index in [2.05, 4.69) is 0 Å². The fourth-order valence-corrected chi connectivity index (χ4v) is 0. The predicted octanol–water partition coefficient (Wildman–Crippen LogP) is -0.721. The first-order valence-corrected chi connectivity index (χ1v) is 0. The Balaban J connectivity index is 0. The summed E-state index contributed by atoms with van der Waals surface area (Å²) in [5, 5.41) is 0. The number of hydrogen-bond donors (Lipinski definition) is 0. The molecule has 21 valence electrons. The first-order valence-electron chi connectivity index (χ1n) is 0. The van der Waals surface area contributed by atoms with Crippen LogP contribution in [0.15, 0.2) is 0 Å². The van der Waals surface area contributed by atoms with Crippen molar-refractivity contribution in [2.24, 2.45) is 0 Å². The summed E-state index contributed by atoms with van der Waals surface area (Å²) < 4.78 is 0. The van der Waals surface area contributed by atoms with E-state index < -0.39 is 0 Å². The standard InChI is InChI=1S/N.2O.Ti/q;2*-2;+4. The van der Waals surface area contributed by atoms with E-state index in [1.165, 1.54) is 0 Å². The van der Waals surface area contributed by atoms with E-state index in [0.717, 1.165) is 0 Å². The zero-order valence-electron chi connectivity index (χ0n) is 1.76. The second kappa shape index (κ2) is 68.5. The maximum absolute atomic E-state index is 0. The van der Waals surface area contributed by atoms with Crippen LogP contribution in [0.3, 0.4) is 0 Å². The van der Waals surface area contributed by atoms with Crippen molar-refractivity contribution in [1.29, 1.82) is 0 Å². The first-order chi connectivity index (χ1) is 0. The maximum atomic E-state index is 0. The molecule has 0 saturated heterocycles. The smallest absolute Gasteiger partial charge is 2.00 e. The Kier molecular flexibility index (Phi) is 2880. The quantitative estimate of drug-likeness (QED) is 0.354. The van der Waals surface area contributed by atoms with Gasteiger partial charge in [-0.1, -0.05) is 0 Å². The van der Waals surface area contributed by atoms with Crippen LogP contribution in [0, 0.1) is 0 Å². The molecule has 4 heteroatoms. The molecule has 0 aliphatic heterocycles. The number of nitrogens with zero attached hydrogens (tertiary/aromatic N) is 1. The van der Waals surface area contributed by atoms with E-state index in [9.17, 15) is 0 Å². The molecule has 4 heavy (non-hydrogen) atoms. The van der Waals surface area contributed by atoms with E-state index in [1.54, 1.807) is 0 Å². The normalized spacial score (nSPS) is 0. The van der Waals surface area contributed by atoms with Crippen molar-refractivity contribution in [2.45, 2.75) is 0 Å². The molecule has 0 fully saturated rings. The Bertz CT molecular complexity index is 6.00. The third-order valence-corrected chi connectivity index (χ3v) is 0. The van der Waals surface area contributed by atoms with Crippen LogP contribution in [-0.4, -0.2) is 0 Å². The van der Waals surface area contributed by atoms with Crippen LogP contribution in [-0.2, 0) is 32.7 Å². The molecule has 0 aromatic carbocycles. The SMILES string of the molecule is [N].[O-2].[O-2].[Ti+4]. The summed E-state index contributed by atoms with van der Waals surface area (Å²) in [6.07, 6.45) is 0. The van der Waals surface area contributed by atoms with Crippen molar-refractivity contribution in [2.75, 3.05) is 0 Å². The van der Waals surface area contributed by atoms with Crippen molar-refractivity contribution < 1.29 is 32.7 Å². The first kappa shape index (κ1) is 168. The Hall–Kier alpha value is 0.594. The average Bonchev–Trinajstić information content (AvgIpc) is 0. The van der Waals surface area contributed by atoms with Crippen molar-refractivity contribution in [3.05, 3.63) is 0 Å². The molecule has 0 heterocycles. The molecular weight excluding hydrogens is 93.9 g/mol. The largest absolute Gasteiger partial charge is 4.00 e. The predicted molar refractivity (Wildman–Crippen MR) is 3.51 cm³/mol. The molecule has 0 spiro atoms. The van der Waals surface area contributed by atoms with Gasteiger partial charge in [-0.25, -0.2) is 0 Å². The van der Waals surface area contributed by atoms with Gasteiger partial charge in [0.25, 0.3) is 0 Å². The number of hydrogen-bond acceptors (Lipinski definition) is 0.